The Kier molecular flexibility index (Phi) is 9.30. The van der Waals surface area contributed by atoms with Gasteiger partial charge in [0.1, 0.15) is 0 Å². The van der Waals surface area contributed by atoms with Crippen LogP contribution in [0.15, 0.2) is 131 Å². The second kappa shape index (κ2) is 13.1. The minimum absolute atomic E-state index is 0.170. The number of nitrogens with zero attached hydrogens (tertiary/aromatic N) is 1. The first-order valence-electron chi connectivity index (χ1n) is 11.6. The summed E-state index contributed by atoms with van der Waals surface area (Å²) in [5.74, 6) is 0.170. The Balaban J connectivity index is 1.47. The first-order valence-corrected chi connectivity index (χ1v) is 13.4. The standard InChI is InChI=1S/C30H29NOS2/c32-29(22-21-25-13-5-1-6-14-25)31(26-15-7-2-8-16-26)24-23-30(33-27-17-9-3-10-18-27)34-28-19-11-4-12-20-28/h1-20,30H,21-24H2. The van der Waals surface area contributed by atoms with Crippen molar-refractivity contribution in [2.24, 2.45) is 0 Å². The first-order chi connectivity index (χ1) is 16.8. The third kappa shape index (κ3) is 7.54. The van der Waals surface area contributed by atoms with Crippen molar-refractivity contribution < 1.29 is 4.79 Å². The number of anilines is 1. The monoisotopic (exact) mass is 483 g/mol. The Hall–Kier alpha value is -2.95. The molecule has 172 valence electrons. The molecule has 0 saturated carbocycles. The second-order valence-corrected chi connectivity index (χ2v) is 10.8. The predicted molar refractivity (Wildman–Crippen MR) is 147 cm³/mol. The van der Waals surface area contributed by atoms with Crippen molar-refractivity contribution in [3.63, 3.8) is 0 Å². The van der Waals surface area contributed by atoms with E-state index in [0.717, 1.165) is 18.5 Å². The average molecular weight is 484 g/mol. The molecule has 2 nitrogen and oxygen atoms in total. The van der Waals surface area contributed by atoms with Gasteiger partial charge in [0.25, 0.3) is 0 Å². The second-order valence-electron chi connectivity index (χ2n) is 7.95. The molecule has 0 bridgehead atoms. The minimum Gasteiger partial charge on any atom is -0.312 e. The summed E-state index contributed by atoms with van der Waals surface area (Å²) in [6, 6.07) is 41.3. The van der Waals surface area contributed by atoms with Crippen molar-refractivity contribution in [1.29, 1.82) is 0 Å². The smallest absolute Gasteiger partial charge is 0.227 e. The number of hydrogen-bond acceptors (Lipinski definition) is 3. The fourth-order valence-corrected chi connectivity index (χ4v) is 6.26. The maximum absolute atomic E-state index is 13.4. The molecular weight excluding hydrogens is 454 g/mol. The van der Waals surface area contributed by atoms with Gasteiger partial charge in [-0.05, 0) is 54.8 Å². The highest BCUT2D eigenvalue weighted by Gasteiger charge is 2.19. The summed E-state index contributed by atoms with van der Waals surface area (Å²) in [5.41, 5.74) is 2.16. The molecule has 0 spiro atoms. The summed E-state index contributed by atoms with van der Waals surface area (Å²) in [7, 11) is 0. The number of aryl methyl sites for hydroxylation is 1. The van der Waals surface area contributed by atoms with Gasteiger partial charge in [-0.2, -0.15) is 0 Å². The van der Waals surface area contributed by atoms with E-state index in [1.54, 1.807) is 0 Å². The maximum atomic E-state index is 13.4. The lowest BCUT2D eigenvalue weighted by atomic mass is 10.1. The third-order valence-electron chi connectivity index (χ3n) is 5.45. The Morgan fingerprint density at radius 1 is 0.647 bits per heavy atom. The summed E-state index contributed by atoms with van der Waals surface area (Å²) in [5, 5.41) is 0. The van der Waals surface area contributed by atoms with Crippen LogP contribution in [0.1, 0.15) is 18.4 Å². The van der Waals surface area contributed by atoms with Crippen LogP contribution in [-0.2, 0) is 11.2 Å². The number of hydrogen-bond donors (Lipinski definition) is 0. The van der Waals surface area contributed by atoms with Gasteiger partial charge >= 0.3 is 0 Å². The molecule has 0 fully saturated rings. The van der Waals surface area contributed by atoms with Gasteiger partial charge in [-0.25, -0.2) is 0 Å². The largest absolute Gasteiger partial charge is 0.312 e. The molecule has 0 aliphatic rings. The maximum Gasteiger partial charge on any atom is 0.227 e. The van der Waals surface area contributed by atoms with Gasteiger partial charge < -0.3 is 4.90 Å². The predicted octanol–water partition coefficient (Wildman–Crippen LogP) is 7.95. The number of carbonyl (C=O) groups excluding carboxylic acids is 1. The lowest BCUT2D eigenvalue weighted by Crippen LogP contribution is -2.33. The summed E-state index contributed by atoms with van der Waals surface area (Å²) < 4.78 is 0.290. The van der Waals surface area contributed by atoms with Crippen LogP contribution in [0.2, 0.25) is 0 Å². The molecule has 0 N–H and O–H groups in total. The number of benzene rings is 4. The van der Waals surface area contributed by atoms with Crippen molar-refractivity contribution in [2.45, 2.75) is 33.6 Å². The van der Waals surface area contributed by atoms with Gasteiger partial charge in [-0.1, -0.05) is 84.9 Å². The molecule has 0 aromatic heterocycles. The van der Waals surface area contributed by atoms with Crippen molar-refractivity contribution in [3.05, 3.63) is 127 Å². The molecule has 0 atom stereocenters. The molecular formula is C30H29NOS2. The minimum atomic E-state index is 0.170. The lowest BCUT2D eigenvalue weighted by molar-refractivity contribution is -0.118. The molecule has 4 aromatic rings. The summed E-state index contributed by atoms with van der Waals surface area (Å²) in [4.78, 5) is 17.8. The zero-order chi connectivity index (χ0) is 23.4. The fraction of sp³-hybridized carbons (Fsp3) is 0.167. The number of para-hydroxylation sites is 1. The molecule has 0 saturated heterocycles. The molecule has 4 rings (SSSR count). The van der Waals surface area contributed by atoms with Crippen molar-refractivity contribution in [1.82, 2.24) is 0 Å². The van der Waals surface area contributed by atoms with Crippen LogP contribution in [0, 0.1) is 0 Å². The van der Waals surface area contributed by atoms with Crippen molar-refractivity contribution in [3.8, 4) is 0 Å². The van der Waals surface area contributed by atoms with Crippen LogP contribution in [0.3, 0.4) is 0 Å². The highest BCUT2D eigenvalue weighted by Crippen LogP contribution is 2.37. The van der Waals surface area contributed by atoms with E-state index in [9.17, 15) is 4.79 Å². The van der Waals surface area contributed by atoms with Crippen LogP contribution < -0.4 is 4.90 Å². The van der Waals surface area contributed by atoms with Crippen LogP contribution in [-0.4, -0.2) is 17.0 Å². The van der Waals surface area contributed by atoms with Gasteiger partial charge in [-0.3, -0.25) is 4.79 Å². The molecule has 1 amide bonds. The Labute approximate surface area is 211 Å². The molecule has 0 aliphatic heterocycles. The first kappa shape index (κ1) is 24.2. The van der Waals surface area contributed by atoms with E-state index in [1.807, 2.05) is 89.1 Å². The number of thioether (sulfide) groups is 2. The Morgan fingerprint density at radius 3 is 1.65 bits per heavy atom. The highest BCUT2D eigenvalue weighted by atomic mass is 32.2. The number of amides is 1. The molecule has 4 heteroatoms. The average Bonchev–Trinajstić information content (AvgIpc) is 2.90. The molecule has 0 heterocycles. The fourth-order valence-electron chi connectivity index (χ4n) is 3.71. The number of carbonyl (C=O) groups is 1. The topological polar surface area (TPSA) is 20.3 Å². The Morgan fingerprint density at radius 2 is 1.12 bits per heavy atom. The van der Waals surface area contributed by atoms with E-state index in [4.69, 9.17) is 0 Å². The van der Waals surface area contributed by atoms with Crippen LogP contribution >= 0.6 is 23.5 Å². The van der Waals surface area contributed by atoms with Crippen LogP contribution in [0.4, 0.5) is 5.69 Å². The summed E-state index contributed by atoms with van der Waals surface area (Å²) >= 11 is 3.74. The van der Waals surface area contributed by atoms with Gasteiger partial charge in [0.05, 0.1) is 4.58 Å². The normalized spacial score (nSPS) is 10.9. The van der Waals surface area contributed by atoms with Gasteiger partial charge in [-0.15, -0.1) is 23.5 Å². The van der Waals surface area contributed by atoms with Gasteiger partial charge in [0.15, 0.2) is 0 Å². The number of rotatable bonds is 11. The van der Waals surface area contributed by atoms with Gasteiger partial charge in [0, 0.05) is 28.4 Å². The summed E-state index contributed by atoms with van der Waals surface area (Å²) in [6.07, 6.45) is 2.14. The third-order valence-corrected chi connectivity index (χ3v) is 8.11. The molecule has 0 aliphatic carbocycles. The quantitative estimate of drug-likeness (QED) is 0.159. The zero-order valence-corrected chi connectivity index (χ0v) is 20.8. The van der Waals surface area contributed by atoms with E-state index in [-0.39, 0.29) is 10.5 Å². The van der Waals surface area contributed by atoms with E-state index < -0.39 is 0 Å². The van der Waals surface area contributed by atoms with E-state index in [0.29, 0.717) is 13.0 Å². The van der Waals surface area contributed by atoms with Crippen molar-refractivity contribution >= 4 is 35.1 Å². The molecule has 4 aromatic carbocycles. The lowest BCUT2D eigenvalue weighted by Gasteiger charge is -2.25. The zero-order valence-electron chi connectivity index (χ0n) is 19.1. The SMILES string of the molecule is O=C(CCc1ccccc1)N(CCC(Sc1ccccc1)Sc1ccccc1)c1ccccc1. The highest BCUT2D eigenvalue weighted by molar-refractivity contribution is 8.17. The summed E-state index contributed by atoms with van der Waals surface area (Å²) in [6.45, 7) is 0.683. The molecule has 0 unspecified atom stereocenters. The van der Waals surface area contributed by atoms with Crippen LogP contribution in [0.5, 0.6) is 0 Å². The van der Waals surface area contributed by atoms with Crippen molar-refractivity contribution in [2.75, 3.05) is 11.4 Å². The van der Waals surface area contributed by atoms with E-state index >= 15 is 0 Å². The van der Waals surface area contributed by atoms with Gasteiger partial charge in [0.2, 0.25) is 5.91 Å². The Bertz CT molecular complexity index is 1080. The molecule has 0 radical (unpaired) electrons. The molecule has 34 heavy (non-hydrogen) atoms. The van der Waals surface area contributed by atoms with Crippen LogP contribution in [0.25, 0.3) is 0 Å². The van der Waals surface area contributed by atoms with E-state index in [2.05, 4.69) is 60.7 Å². The van der Waals surface area contributed by atoms with E-state index in [1.165, 1.54) is 15.4 Å².